The molecular weight excluding hydrogens is 413 g/mol. The zero-order chi connectivity index (χ0) is 20.1. The van der Waals surface area contributed by atoms with Crippen LogP contribution in [0.5, 0.6) is 5.75 Å². The molecule has 5 nitrogen and oxygen atoms in total. The van der Waals surface area contributed by atoms with Crippen LogP contribution >= 0.6 is 23.1 Å². The minimum Gasteiger partial charge on any atom is -0.423 e. The minimum absolute atomic E-state index is 0.116. The molecule has 0 aliphatic carbocycles. The van der Waals surface area contributed by atoms with E-state index in [1.165, 1.54) is 47.7 Å². The Bertz CT molecular complexity index is 974. The van der Waals surface area contributed by atoms with Crippen molar-refractivity contribution < 1.29 is 27.5 Å². The topological polar surface area (TPSA) is 68.3 Å². The van der Waals surface area contributed by atoms with Crippen molar-refractivity contribution in [2.45, 2.75) is 10.5 Å². The van der Waals surface area contributed by atoms with E-state index in [9.17, 15) is 22.8 Å². The van der Waals surface area contributed by atoms with Gasteiger partial charge in [-0.1, -0.05) is 0 Å². The Morgan fingerprint density at radius 3 is 2.50 bits per heavy atom. The van der Waals surface area contributed by atoms with Crippen LogP contribution in [0.25, 0.3) is 0 Å². The lowest BCUT2D eigenvalue weighted by atomic mass is 10.2. The van der Waals surface area contributed by atoms with Crippen molar-refractivity contribution in [2.75, 3.05) is 5.32 Å². The number of ether oxygens (including phenoxy) is 1. The summed E-state index contributed by atoms with van der Waals surface area (Å²) in [5.41, 5.74) is -3.87. The molecule has 0 spiro atoms. The quantitative estimate of drug-likeness (QED) is 0.345. The number of alkyl halides is 3. The van der Waals surface area contributed by atoms with Gasteiger partial charge in [-0.3, -0.25) is 4.79 Å². The van der Waals surface area contributed by atoms with E-state index in [2.05, 4.69) is 10.3 Å². The molecule has 3 rings (SSSR count). The summed E-state index contributed by atoms with van der Waals surface area (Å²) in [6, 6.07) is 10.1. The van der Waals surface area contributed by atoms with Crippen LogP contribution in [0.3, 0.4) is 0 Å². The second kappa shape index (κ2) is 8.44. The summed E-state index contributed by atoms with van der Waals surface area (Å²) in [6.45, 7) is 0. The smallest absolute Gasteiger partial charge is 0.423 e. The molecule has 10 heteroatoms. The molecule has 1 aromatic carbocycles. The first kappa shape index (κ1) is 19.9. The number of benzene rings is 1. The van der Waals surface area contributed by atoms with Gasteiger partial charge in [-0.05, 0) is 47.8 Å². The molecule has 0 aliphatic heterocycles. The highest BCUT2D eigenvalue weighted by molar-refractivity contribution is 8.00. The molecule has 28 heavy (non-hydrogen) atoms. The highest BCUT2D eigenvalue weighted by Crippen LogP contribution is 2.37. The van der Waals surface area contributed by atoms with E-state index in [4.69, 9.17) is 4.74 Å². The first-order chi connectivity index (χ1) is 13.3. The monoisotopic (exact) mass is 424 g/mol. The van der Waals surface area contributed by atoms with Crippen molar-refractivity contribution >= 4 is 40.7 Å². The number of hydrogen-bond donors (Lipinski definition) is 1. The maximum absolute atomic E-state index is 12.6. The van der Waals surface area contributed by atoms with Crippen molar-refractivity contribution in [2.24, 2.45) is 0 Å². The van der Waals surface area contributed by atoms with Gasteiger partial charge in [-0.25, -0.2) is 9.78 Å². The van der Waals surface area contributed by atoms with Gasteiger partial charge in [0.2, 0.25) is 0 Å². The van der Waals surface area contributed by atoms with Crippen LogP contribution in [-0.2, 0) is 0 Å². The van der Waals surface area contributed by atoms with Gasteiger partial charge < -0.3 is 10.1 Å². The number of halogens is 3. The van der Waals surface area contributed by atoms with Crippen molar-refractivity contribution in [3.05, 3.63) is 70.5 Å². The highest BCUT2D eigenvalue weighted by atomic mass is 32.2. The number of amides is 1. The molecule has 0 radical (unpaired) electrons. The summed E-state index contributed by atoms with van der Waals surface area (Å²) >= 11 is 0.910. The predicted molar refractivity (Wildman–Crippen MR) is 99.8 cm³/mol. The second-order valence-corrected chi connectivity index (χ2v) is 7.12. The summed E-state index contributed by atoms with van der Waals surface area (Å²) in [5.74, 6) is -1.13. The van der Waals surface area contributed by atoms with Crippen LogP contribution in [0.2, 0.25) is 0 Å². The first-order valence-electron chi connectivity index (χ1n) is 7.68. The number of hydrogen-bond acceptors (Lipinski definition) is 6. The van der Waals surface area contributed by atoms with Gasteiger partial charge in [0.25, 0.3) is 5.91 Å². The fourth-order valence-corrected chi connectivity index (χ4v) is 3.33. The number of nitrogens with one attached hydrogen (secondary N) is 1. The maximum atomic E-state index is 12.6. The van der Waals surface area contributed by atoms with Gasteiger partial charge in [0, 0.05) is 29.0 Å². The summed E-state index contributed by atoms with van der Waals surface area (Å²) < 4.78 is 42.9. The predicted octanol–water partition coefficient (Wildman–Crippen LogP) is 5.23. The Kier molecular flexibility index (Phi) is 6.00. The van der Waals surface area contributed by atoms with E-state index < -0.39 is 28.3 Å². The van der Waals surface area contributed by atoms with E-state index in [0.29, 0.717) is 11.3 Å². The fourth-order valence-electron chi connectivity index (χ4n) is 2.10. The number of carbonyl (C=O) groups is 2. The summed E-state index contributed by atoms with van der Waals surface area (Å²) in [6.07, 6.45) is 1.16. The zero-order valence-electron chi connectivity index (χ0n) is 13.9. The summed E-state index contributed by atoms with van der Waals surface area (Å²) in [4.78, 5) is 27.8. The number of pyridine rings is 1. The molecule has 0 saturated heterocycles. The normalized spacial score (nSPS) is 11.1. The van der Waals surface area contributed by atoms with Crippen LogP contribution in [0.15, 0.2) is 64.4 Å². The third kappa shape index (κ3) is 5.33. The lowest BCUT2D eigenvalue weighted by Gasteiger charge is -2.10. The molecule has 0 bridgehead atoms. The Balaban J connectivity index is 1.67. The van der Waals surface area contributed by atoms with E-state index >= 15 is 0 Å². The third-order valence-electron chi connectivity index (χ3n) is 3.31. The molecule has 1 N–H and O–H groups in total. The third-order valence-corrected chi connectivity index (χ3v) is 4.74. The Hall–Kier alpha value is -2.85. The summed E-state index contributed by atoms with van der Waals surface area (Å²) in [5, 5.41) is 5.68. The molecule has 1 amide bonds. The van der Waals surface area contributed by atoms with Gasteiger partial charge in [-0.15, -0.1) is 0 Å². The maximum Gasteiger partial charge on any atom is 0.447 e. The number of carbonyl (C=O) groups excluding carboxylic acids is 2. The standard InChI is InChI=1S/C18H11F3N2O3S2/c19-18(20,21)28-16-14(2-1-8-22-16)17(25)26-13-5-3-12(4-6-13)23-15(24)11-7-9-27-10-11/h1-10H,(H,23,24). The van der Waals surface area contributed by atoms with Crippen molar-refractivity contribution in [3.63, 3.8) is 0 Å². The number of nitrogens with zero attached hydrogens (tertiary/aromatic N) is 1. The van der Waals surface area contributed by atoms with Crippen molar-refractivity contribution in [3.8, 4) is 5.75 Å². The molecule has 3 aromatic rings. The van der Waals surface area contributed by atoms with Gasteiger partial charge in [0.15, 0.2) is 0 Å². The molecule has 0 unspecified atom stereocenters. The molecule has 144 valence electrons. The van der Waals surface area contributed by atoms with Gasteiger partial charge in [0.05, 0.1) is 11.1 Å². The Morgan fingerprint density at radius 2 is 1.86 bits per heavy atom. The number of thioether (sulfide) groups is 1. The fraction of sp³-hybridized carbons (Fsp3) is 0.0556. The van der Waals surface area contributed by atoms with Gasteiger partial charge >= 0.3 is 11.5 Å². The second-order valence-electron chi connectivity index (χ2n) is 5.28. The molecule has 2 heterocycles. The molecule has 0 saturated carbocycles. The highest BCUT2D eigenvalue weighted by Gasteiger charge is 2.32. The minimum atomic E-state index is -4.58. The van der Waals surface area contributed by atoms with E-state index in [0.717, 1.165) is 6.20 Å². The number of thiophene rings is 1. The Labute approximate surface area is 165 Å². The average molecular weight is 424 g/mol. The van der Waals surface area contributed by atoms with Crippen LogP contribution in [0, 0.1) is 0 Å². The van der Waals surface area contributed by atoms with Crippen LogP contribution in [-0.4, -0.2) is 22.4 Å². The number of esters is 1. The van der Waals surface area contributed by atoms with Gasteiger partial charge in [-0.2, -0.15) is 24.5 Å². The molecule has 0 fully saturated rings. The molecule has 2 aromatic heterocycles. The molecule has 0 atom stereocenters. The SMILES string of the molecule is O=C(Nc1ccc(OC(=O)c2cccnc2SC(F)(F)F)cc1)c1ccsc1. The Morgan fingerprint density at radius 1 is 1.11 bits per heavy atom. The van der Waals surface area contributed by atoms with E-state index in [1.807, 2.05) is 0 Å². The lowest BCUT2D eigenvalue weighted by Crippen LogP contribution is -2.13. The van der Waals surface area contributed by atoms with Crippen LogP contribution in [0.1, 0.15) is 20.7 Å². The largest absolute Gasteiger partial charge is 0.447 e. The first-order valence-corrected chi connectivity index (χ1v) is 9.44. The van der Waals surface area contributed by atoms with E-state index in [1.54, 1.807) is 16.8 Å². The van der Waals surface area contributed by atoms with Gasteiger partial charge in [0.1, 0.15) is 10.8 Å². The molecule has 0 aliphatic rings. The molecular formula is C18H11F3N2O3S2. The number of rotatable bonds is 5. The zero-order valence-corrected chi connectivity index (χ0v) is 15.5. The van der Waals surface area contributed by atoms with Crippen molar-refractivity contribution in [1.29, 1.82) is 0 Å². The lowest BCUT2D eigenvalue weighted by molar-refractivity contribution is -0.0329. The average Bonchev–Trinajstić information content (AvgIpc) is 3.17. The van der Waals surface area contributed by atoms with E-state index in [-0.39, 0.29) is 17.2 Å². The number of anilines is 1. The van der Waals surface area contributed by atoms with Crippen LogP contribution < -0.4 is 10.1 Å². The number of aromatic nitrogens is 1. The summed E-state index contributed by atoms with van der Waals surface area (Å²) in [7, 11) is 0. The van der Waals surface area contributed by atoms with Crippen LogP contribution in [0.4, 0.5) is 18.9 Å². The van der Waals surface area contributed by atoms with Crippen molar-refractivity contribution in [1.82, 2.24) is 4.98 Å².